The number of ether oxygens (including phenoxy) is 1. The second kappa shape index (κ2) is 6.95. The maximum Gasteiger partial charge on any atom is 0.411 e. The Morgan fingerprint density at radius 2 is 2.13 bits per heavy atom. The van der Waals surface area contributed by atoms with Crippen molar-refractivity contribution >= 4 is 27.8 Å². The second-order valence-corrected chi connectivity index (χ2v) is 7.39. The number of halogens is 2. The first-order valence-corrected chi connectivity index (χ1v) is 8.23. The van der Waals surface area contributed by atoms with Gasteiger partial charge in [-0.25, -0.2) is 14.2 Å². The number of hydrogen-bond donors (Lipinski definition) is 0. The summed E-state index contributed by atoms with van der Waals surface area (Å²) in [5.74, 6) is -0.235. The molecule has 1 aromatic rings. The van der Waals surface area contributed by atoms with Crippen molar-refractivity contribution in [3.8, 4) is 0 Å². The van der Waals surface area contributed by atoms with Crippen molar-refractivity contribution in [2.45, 2.75) is 51.4 Å². The van der Waals surface area contributed by atoms with E-state index in [4.69, 9.17) is 4.74 Å². The lowest BCUT2D eigenvalue weighted by Gasteiger charge is -2.27. The molecule has 0 unspecified atom stereocenters. The van der Waals surface area contributed by atoms with Gasteiger partial charge in [-0.1, -0.05) is 6.07 Å². The average Bonchev–Trinajstić information content (AvgIpc) is 2.79. The van der Waals surface area contributed by atoms with Crippen molar-refractivity contribution in [1.82, 2.24) is 9.88 Å². The van der Waals surface area contributed by atoms with Crippen LogP contribution in [0, 0.1) is 0 Å². The van der Waals surface area contributed by atoms with Crippen LogP contribution in [0.4, 0.5) is 9.18 Å². The van der Waals surface area contributed by atoms with Crippen LogP contribution in [0.15, 0.2) is 22.8 Å². The lowest BCUT2D eigenvalue weighted by molar-refractivity contribution is -0.122. The first-order chi connectivity index (χ1) is 10.7. The Bertz CT molecular complexity index is 603. The third-order valence-corrected chi connectivity index (χ3v) is 3.82. The lowest BCUT2D eigenvalue weighted by Crippen LogP contribution is -2.44. The normalized spacial score (nSPS) is 21.3. The van der Waals surface area contributed by atoms with Crippen LogP contribution < -0.4 is 0 Å². The van der Waals surface area contributed by atoms with Crippen LogP contribution in [-0.4, -0.2) is 46.1 Å². The topological polar surface area (TPSA) is 59.5 Å². The molecule has 0 spiro atoms. The van der Waals surface area contributed by atoms with Gasteiger partial charge in [0.05, 0.1) is 19.0 Å². The quantitative estimate of drug-likeness (QED) is 0.747. The second-order valence-electron chi connectivity index (χ2n) is 6.58. The van der Waals surface area contributed by atoms with E-state index >= 15 is 0 Å². The summed E-state index contributed by atoms with van der Waals surface area (Å²) >= 11 is 3.25. The fraction of sp³-hybridized carbons (Fsp3) is 0.562. The highest BCUT2D eigenvalue weighted by Gasteiger charge is 2.41. The Balaban J connectivity index is 2.09. The molecule has 5 nitrogen and oxygen atoms in total. The van der Waals surface area contributed by atoms with E-state index in [9.17, 15) is 14.0 Å². The molecule has 7 heteroatoms. The number of pyridine rings is 1. The van der Waals surface area contributed by atoms with Gasteiger partial charge >= 0.3 is 6.09 Å². The van der Waals surface area contributed by atoms with E-state index in [-0.39, 0.29) is 25.2 Å². The third-order valence-electron chi connectivity index (χ3n) is 3.38. The summed E-state index contributed by atoms with van der Waals surface area (Å²) in [5, 5.41) is 0. The Morgan fingerprint density at radius 3 is 2.74 bits per heavy atom. The third kappa shape index (κ3) is 4.99. The van der Waals surface area contributed by atoms with Gasteiger partial charge < -0.3 is 4.74 Å². The van der Waals surface area contributed by atoms with Gasteiger partial charge in [0, 0.05) is 12.1 Å². The van der Waals surface area contributed by atoms with Crippen molar-refractivity contribution in [1.29, 1.82) is 0 Å². The molecular weight excluding hydrogens is 367 g/mol. The van der Waals surface area contributed by atoms with Crippen LogP contribution in [0.5, 0.6) is 0 Å². The van der Waals surface area contributed by atoms with Gasteiger partial charge in [0.2, 0.25) is 0 Å². The lowest BCUT2D eigenvalue weighted by atomic mass is 10.0. The van der Waals surface area contributed by atoms with Crippen molar-refractivity contribution in [2.75, 3.05) is 6.54 Å². The SMILES string of the molecule is CC(C)(C)OC(=O)N1C[C@H](F)C[C@H]1C(=O)Cc1cccc(Br)n1. The molecule has 1 aromatic heterocycles. The highest BCUT2D eigenvalue weighted by atomic mass is 79.9. The molecule has 23 heavy (non-hydrogen) atoms. The Kier molecular flexibility index (Phi) is 5.39. The first-order valence-electron chi connectivity index (χ1n) is 7.43. The Hall–Kier alpha value is -1.50. The van der Waals surface area contributed by atoms with Gasteiger partial charge in [0.15, 0.2) is 5.78 Å². The summed E-state index contributed by atoms with van der Waals surface area (Å²) in [4.78, 5) is 30.1. The first kappa shape index (κ1) is 17.8. The van der Waals surface area contributed by atoms with E-state index < -0.39 is 23.9 Å². The van der Waals surface area contributed by atoms with E-state index in [0.29, 0.717) is 10.3 Å². The summed E-state index contributed by atoms with van der Waals surface area (Å²) in [6.07, 6.45) is -1.81. The van der Waals surface area contributed by atoms with Gasteiger partial charge in [-0.05, 0) is 48.8 Å². The molecule has 2 atom stereocenters. The van der Waals surface area contributed by atoms with Crippen molar-refractivity contribution in [3.05, 3.63) is 28.5 Å². The zero-order valence-corrected chi connectivity index (χ0v) is 15.0. The van der Waals surface area contributed by atoms with Crippen LogP contribution in [0.3, 0.4) is 0 Å². The number of rotatable bonds is 3. The number of hydrogen-bond acceptors (Lipinski definition) is 4. The fourth-order valence-electron chi connectivity index (χ4n) is 2.46. The van der Waals surface area contributed by atoms with Gasteiger partial charge in [-0.15, -0.1) is 0 Å². The molecular formula is C16H20BrFN2O3. The standard InChI is InChI=1S/C16H20BrFN2O3/c1-16(2,3)23-15(22)20-9-10(18)7-12(20)13(21)8-11-5-4-6-14(17)19-11/h4-6,10,12H,7-9H2,1-3H3/t10-,12+/m1/s1. The molecule has 0 saturated carbocycles. The van der Waals surface area contributed by atoms with Gasteiger partial charge in [0.25, 0.3) is 0 Å². The number of carbonyl (C=O) groups is 2. The fourth-order valence-corrected chi connectivity index (χ4v) is 2.84. The molecule has 2 heterocycles. The highest BCUT2D eigenvalue weighted by Crippen LogP contribution is 2.25. The average molecular weight is 387 g/mol. The van der Waals surface area contributed by atoms with E-state index in [1.165, 1.54) is 4.90 Å². The van der Waals surface area contributed by atoms with Crippen LogP contribution in [-0.2, 0) is 16.0 Å². The van der Waals surface area contributed by atoms with Crippen molar-refractivity contribution in [2.24, 2.45) is 0 Å². The molecule has 126 valence electrons. The number of amides is 1. The number of likely N-dealkylation sites (tertiary alicyclic amines) is 1. The number of aromatic nitrogens is 1. The highest BCUT2D eigenvalue weighted by molar-refractivity contribution is 9.10. The Labute approximate surface area is 143 Å². The van der Waals surface area contributed by atoms with E-state index in [0.717, 1.165) is 0 Å². The molecule has 0 N–H and O–H groups in total. The minimum absolute atomic E-state index is 0.00603. The minimum Gasteiger partial charge on any atom is -0.444 e. The maximum absolute atomic E-state index is 13.8. The molecule has 1 saturated heterocycles. The van der Waals surface area contributed by atoms with E-state index in [1.54, 1.807) is 39.0 Å². The summed E-state index contributed by atoms with van der Waals surface area (Å²) in [6, 6.07) is 4.45. The molecule has 2 rings (SSSR count). The van der Waals surface area contributed by atoms with Crippen LogP contribution in [0.1, 0.15) is 32.9 Å². The number of Topliss-reactive ketones (excluding diaryl/α,β-unsaturated/α-hetero) is 1. The monoisotopic (exact) mass is 386 g/mol. The zero-order chi connectivity index (χ0) is 17.2. The molecule has 0 bridgehead atoms. The van der Waals surface area contributed by atoms with Gasteiger partial charge in [-0.3, -0.25) is 9.69 Å². The van der Waals surface area contributed by atoms with Gasteiger partial charge in [-0.2, -0.15) is 0 Å². The van der Waals surface area contributed by atoms with Crippen LogP contribution >= 0.6 is 15.9 Å². The molecule has 1 aliphatic rings. The predicted octanol–water partition coefficient (Wildman–Crippen LogP) is 3.30. The van der Waals surface area contributed by atoms with Crippen LogP contribution in [0.25, 0.3) is 0 Å². The van der Waals surface area contributed by atoms with Crippen molar-refractivity contribution in [3.63, 3.8) is 0 Å². The number of nitrogens with zero attached hydrogens (tertiary/aromatic N) is 2. The minimum atomic E-state index is -1.22. The largest absolute Gasteiger partial charge is 0.444 e. The summed E-state index contributed by atoms with van der Waals surface area (Å²) in [7, 11) is 0. The molecule has 0 radical (unpaired) electrons. The summed E-state index contributed by atoms with van der Waals surface area (Å²) < 4.78 is 19.6. The summed E-state index contributed by atoms with van der Waals surface area (Å²) in [5.41, 5.74) is -0.110. The number of carbonyl (C=O) groups excluding carboxylic acids is 2. The number of alkyl halides is 1. The van der Waals surface area contributed by atoms with E-state index in [2.05, 4.69) is 20.9 Å². The smallest absolute Gasteiger partial charge is 0.411 e. The van der Waals surface area contributed by atoms with Gasteiger partial charge in [0.1, 0.15) is 16.4 Å². The molecule has 0 aromatic carbocycles. The zero-order valence-electron chi connectivity index (χ0n) is 13.4. The number of ketones is 1. The van der Waals surface area contributed by atoms with Crippen LogP contribution in [0.2, 0.25) is 0 Å². The summed E-state index contributed by atoms with van der Waals surface area (Å²) in [6.45, 7) is 5.08. The molecule has 1 aliphatic heterocycles. The molecule has 1 amide bonds. The molecule has 1 fully saturated rings. The van der Waals surface area contributed by atoms with E-state index in [1.807, 2.05) is 0 Å². The molecule has 0 aliphatic carbocycles. The maximum atomic E-state index is 13.8. The predicted molar refractivity (Wildman–Crippen MR) is 86.9 cm³/mol. The van der Waals surface area contributed by atoms with Crippen molar-refractivity contribution < 1.29 is 18.7 Å². The Morgan fingerprint density at radius 1 is 1.43 bits per heavy atom.